The van der Waals surface area contributed by atoms with E-state index in [1.807, 2.05) is 4.90 Å². The molecule has 0 aromatic carbocycles. The SMILES string of the molecule is CC(=O)N1CCC(C(=O)NCC2(c3cccs3)CC2)CC1. The van der Waals surface area contributed by atoms with Gasteiger partial charge in [0.1, 0.15) is 0 Å². The minimum absolute atomic E-state index is 0.0692. The number of nitrogens with one attached hydrogen (secondary N) is 1. The van der Waals surface area contributed by atoms with E-state index < -0.39 is 0 Å². The van der Waals surface area contributed by atoms with Gasteiger partial charge in [0.25, 0.3) is 0 Å². The van der Waals surface area contributed by atoms with Crippen molar-refractivity contribution in [3.05, 3.63) is 22.4 Å². The van der Waals surface area contributed by atoms with Crippen molar-refractivity contribution in [2.24, 2.45) is 5.92 Å². The number of nitrogens with zero attached hydrogens (tertiary/aromatic N) is 1. The van der Waals surface area contributed by atoms with E-state index >= 15 is 0 Å². The second kappa shape index (κ2) is 5.79. The molecule has 3 rings (SSSR count). The number of hydrogen-bond donors (Lipinski definition) is 1. The van der Waals surface area contributed by atoms with E-state index in [1.54, 1.807) is 18.3 Å². The van der Waals surface area contributed by atoms with Crippen molar-refractivity contribution in [1.82, 2.24) is 10.2 Å². The van der Waals surface area contributed by atoms with Crippen LogP contribution in [0.5, 0.6) is 0 Å². The first-order valence-electron chi connectivity index (χ1n) is 7.68. The van der Waals surface area contributed by atoms with Crippen molar-refractivity contribution in [3.63, 3.8) is 0 Å². The molecule has 0 unspecified atom stereocenters. The van der Waals surface area contributed by atoms with Crippen molar-refractivity contribution >= 4 is 23.2 Å². The van der Waals surface area contributed by atoms with E-state index in [4.69, 9.17) is 0 Å². The molecular weight excluding hydrogens is 284 g/mol. The van der Waals surface area contributed by atoms with Crippen LogP contribution < -0.4 is 5.32 Å². The van der Waals surface area contributed by atoms with Crippen LogP contribution in [0.3, 0.4) is 0 Å². The zero-order chi connectivity index (χ0) is 14.9. The Labute approximate surface area is 129 Å². The van der Waals surface area contributed by atoms with E-state index in [0.717, 1.165) is 19.4 Å². The summed E-state index contributed by atoms with van der Waals surface area (Å²) in [5.41, 5.74) is 0.212. The third-order valence-corrected chi connectivity index (χ3v) is 5.93. The van der Waals surface area contributed by atoms with Crippen molar-refractivity contribution in [2.75, 3.05) is 19.6 Å². The zero-order valence-corrected chi connectivity index (χ0v) is 13.2. The van der Waals surface area contributed by atoms with Gasteiger partial charge in [0.2, 0.25) is 11.8 Å². The Morgan fingerprint density at radius 2 is 2.10 bits per heavy atom. The van der Waals surface area contributed by atoms with E-state index in [9.17, 15) is 9.59 Å². The van der Waals surface area contributed by atoms with Crippen molar-refractivity contribution in [3.8, 4) is 0 Å². The molecule has 1 saturated carbocycles. The average Bonchev–Trinajstić information content (AvgIpc) is 3.08. The molecule has 1 saturated heterocycles. The van der Waals surface area contributed by atoms with Crippen LogP contribution in [0.4, 0.5) is 0 Å². The Morgan fingerprint density at radius 3 is 2.62 bits per heavy atom. The monoisotopic (exact) mass is 306 g/mol. The average molecular weight is 306 g/mol. The summed E-state index contributed by atoms with van der Waals surface area (Å²) >= 11 is 1.79. The van der Waals surface area contributed by atoms with Crippen LogP contribution in [0.2, 0.25) is 0 Å². The summed E-state index contributed by atoms with van der Waals surface area (Å²) in [7, 11) is 0. The summed E-state index contributed by atoms with van der Waals surface area (Å²) in [5, 5.41) is 5.26. The highest BCUT2D eigenvalue weighted by Gasteiger charge is 2.45. The second-order valence-electron chi connectivity index (χ2n) is 6.26. The van der Waals surface area contributed by atoms with Crippen molar-refractivity contribution < 1.29 is 9.59 Å². The lowest BCUT2D eigenvalue weighted by Gasteiger charge is -2.30. The van der Waals surface area contributed by atoms with Gasteiger partial charge in [-0.3, -0.25) is 9.59 Å². The van der Waals surface area contributed by atoms with Gasteiger partial charge in [-0.2, -0.15) is 0 Å². The van der Waals surface area contributed by atoms with Gasteiger partial charge in [-0.25, -0.2) is 0 Å². The fraction of sp³-hybridized carbons (Fsp3) is 0.625. The third-order valence-electron chi connectivity index (χ3n) is 4.81. The molecular formula is C16H22N2O2S. The maximum Gasteiger partial charge on any atom is 0.223 e. The largest absolute Gasteiger partial charge is 0.355 e. The number of piperidine rings is 1. The van der Waals surface area contributed by atoms with Crippen LogP contribution >= 0.6 is 11.3 Å². The number of thiophene rings is 1. The second-order valence-corrected chi connectivity index (χ2v) is 7.20. The molecule has 4 nitrogen and oxygen atoms in total. The zero-order valence-electron chi connectivity index (χ0n) is 12.4. The minimum atomic E-state index is 0.0692. The van der Waals surface area contributed by atoms with Gasteiger partial charge in [0, 0.05) is 42.8 Å². The molecule has 1 aliphatic carbocycles. The molecule has 0 atom stereocenters. The molecule has 2 amide bonds. The molecule has 1 N–H and O–H groups in total. The first kappa shape index (κ1) is 14.6. The quantitative estimate of drug-likeness (QED) is 0.926. The number of rotatable bonds is 4. The number of hydrogen-bond acceptors (Lipinski definition) is 3. The molecule has 0 radical (unpaired) electrons. The minimum Gasteiger partial charge on any atom is -0.355 e. The normalized spacial score (nSPS) is 21.1. The Bertz CT molecular complexity index is 514. The lowest BCUT2D eigenvalue weighted by Crippen LogP contribution is -2.43. The molecule has 2 aliphatic rings. The maximum absolute atomic E-state index is 12.3. The van der Waals surface area contributed by atoms with Gasteiger partial charge < -0.3 is 10.2 Å². The van der Waals surface area contributed by atoms with Crippen LogP contribution in [0.25, 0.3) is 0 Å². The summed E-state index contributed by atoms with van der Waals surface area (Å²) in [6.07, 6.45) is 3.93. The van der Waals surface area contributed by atoms with Gasteiger partial charge in [0.15, 0.2) is 0 Å². The fourth-order valence-electron chi connectivity index (χ4n) is 3.10. The standard InChI is InChI=1S/C16H22N2O2S/c1-12(19)18-8-4-13(5-9-18)15(20)17-11-16(6-7-16)14-3-2-10-21-14/h2-3,10,13H,4-9,11H2,1H3,(H,17,20). The molecule has 1 aromatic heterocycles. The summed E-state index contributed by atoms with van der Waals surface area (Å²) in [5.74, 6) is 0.351. The first-order chi connectivity index (χ1) is 10.1. The lowest BCUT2D eigenvalue weighted by atomic mass is 9.95. The smallest absolute Gasteiger partial charge is 0.223 e. The fourth-order valence-corrected chi connectivity index (χ4v) is 4.09. The van der Waals surface area contributed by atoms with E-state index in [2.05, 4.69) is 22.8 Å². The highest BCUT2D eigenvalue weighted by atomic mass is 32.1. The maximum atomic E-state index is 12.3. The molecule has 21 heavy (non-hydrogen) atoms. The van der Waals surface area contributed by atoms with Gasteiger partial charge >= 0.3 is 0 Å². The van der Waals surface area contributed by atoms with Gasteiger partial charge in [-0.1, -0.05) is 6.07 Å². The molecule has 1 aromatic rings. The Kier molecular flexibility index (Phi) is 4.02. The van der Waals surface area contributed by atoms with Gasteiger partial charge in [-0.15, -0.1) is 11.3 Å². The molecule has 114 valence electrons. The number of amides is 2. The summed E-state index contributed by atoms with van der Waals surface area (Å²) in [6, 6.07) is 4.26. The number of carbonyl (C=O) groups is 2. The number of likely N-dealkylation sites (tertiary alicyclic amines) is 1. The highest BCUT2D eigenvalue weighted by Crippen LogP contribution is 2.49. The topological polar surface area (TPSA) is 49.4 Å². The Balaban J connectivity index is 1.48. The molecule has 0 spiro atoms. The Hall–Kier alpha value is -1.36. The van der Waals surface area contributed by atoms with Crippen LogP contribution in [-0.4, -0.2) is 36.3 Å². The van der Waals surface area contributed by atoms with E-state index in [-0.39, 0.29) is 23.1 Å². The summed E-state index contributed by atoms with van der Waals surface area (Å²) < 4.78 is 0. The predicted molar refractivity (Wildman–Crippen MR) is 83.2 cm³/mol. The van der Waals surface area contributed by atoms with E-state index in [1.165, 1.54) is 17.7 Å². The molecule has 1 aliphatic heterocycles. The molecule has 2 fully saturated rings. The molecule has 0 bridgehead atoms. The third kappa shape index (κ3) is 3.12. The predicted octanol–water partition coefficient (Wildman–Crippen LogP) is 2.15. The van der Waals surface area contributed by atoms with Crippen LogP contribution in [-0.2, 0) is 15.0 Å². The van der Waals surface area contributed by atoms with Crippen molar-refractivity contribution in [1.29, 1.82) is 0 Å². The Morgan fingerprint density at radius 1 is 1.38 bits per heavy atom. The van der Waals surface area contributed by atoms with Crippen molar-refractivity contribution in [2.45, 2.75) is 38.0 Å². The summed E-state index contributed by atoms with van der Waals surface area (Å²) in [4.78, 5) is 26.8. The molecule has 2 heterocycles. The van der Waals surface area contributed by atoms with Crippen LogP contribution in [0.15, 0.2) is 17.5 Å². The van der Waals surface area contributed by atoms with Gasteiger partial charge in [0.05, 0.1) is 0 Å². The van der Waals surface area contributed by atoms with E-state index in [0.29, 0.717) is 13.1 Å². The summed E-state index contributed by atoms with van der Waals surface area (Å²) in [6.45, 7) is 3.78. The molecule has 5 heteroatoms. The highest BCUT2D eigenvalue weighted by molar-refractivity contribution is 7.10. The van der Waals surface area contributed by atoms with Gasteiger partial charge in [-0.05, 0) is 37.1 Å². The van der Waals surface area contributed by atoms with Crippen LogP contribution in [0, 0.1) is 5.92 Å². The first-order valence-corrected chi connectivity index (χ1v) is 8.56. The number of carbonyl (C=O) groups excluding carboxylic acids is 2. The van der Waals surface area contributed by atoms with Crippen LogP contribution in [0.1, 0.15) is 37.5 Å². The lowest BCUT2D eigenvalue weighted by molar-refractivity contribution is -0.133.